The summed E-state index contributed by atoms with van der Waals surface area (Å²) in [7, 11) is 0. The van der Waals surface area contributed by atoms with Gasteiger partial charge in [0.2, 0.25) is 5.89 Å². The monoisotopic (exact) mass is 293 g/mol. The van der Waals surface area contributed by atoms with Crippen LogP contribution in [0.15, 0.2) is 21.3 Å². The Morgan fingerprint density at radius 1 is 1.55 bits per heavy atom. The molecule has 1 aliphatic heterocycles. The van der Waals surface area contributed by atoms with Gasteiger partial charge in [0.15, 0.2) is 5.82 Å². The van der Waals surface area contributed by atoms with Gasteiger partial charge in [0, 0.05) is 36.4 Å². The number of nitrogens with one attached hydrogen (secondary N) is 1. The van der Waals surface area contributed by atoms with Crippen LogP contribution in [-0.4, -0.2) is 35.8 Å². The van der Waals surface area contributed by atoms with Crippen molar-refractivity contribution in [2.75, 3.05) is 19.8 Å². The first-order valence-electron chi connectivity index (χ1n) is 6.53. The Morgan fingerprint density at radius 3 is 3.25 bits per heavy atom. The largest absolute Gasteiger partial charge is 0.381 e. The Balaban J connectivity index is 1.48. The third kappa shape index (κ3) is 3.05. The van der Waals surface area contributed by atoms with Gasteiger partial charge in [0.05, 0.1) is 6.61 Å². The third-order valence-electron chi connectivity index (χ3n) is 3.19. The zero-order chi connectivity index (χ0) is 13.8. The Bertz CT molecular complexity index is 561. The van der Waals surface area contributed by atoms with E-state index in [1.165, 1.54) is 11.3 Å². The molecule has 0 saturated carbocycles. The average Bonchev–Trinajstić information content (AvgIpc) is 3.20. The van der Waals surface area contributed by atoms with Crippen molar-refractivity contribution in [1.29, 1.82) is 0 Å². The predicted molar refractivity (Wildman–Crippen MR) is 72.8 cm³/mol. The highest BCUT2D eigenvalue weighted by Crippen LogP contribution is 2.22. The highest BCUT2D eigenvalue weighted by Gasteiger charge is 2.22. The molecule has 1 amide bonds. The molecule has 2 aromatic heterocycles. The molecule has 1 N–H and O–H groups in total. The maximum absolute atomic E-state index is 11.7. The second kappa shape index (κ2) is 6.15. The van der Waals surface area contributed by atoms with Crippen molar-refractivity contribution in [3.63, 3.8) is 0 Å². The zero-order valence-electron chi connectivity index (χ0n) is 10.9. The molecule has 7 heteroatoms. The van der Waals surface area contributed by atoms with Crippen LogP contribution < -0.4 is 5.32 Å². The molecule has 0 aromatic carbocycles. The molecule has 3 rings (SSSR count). The Labute approximate surface area is 120 Å². The van der Waals surface area contributed by atoms with Crippen LogP contribution in [0.3, 0.4) is 0 Å². The van der Waals surface area contributed by atoms with E-state index in [0.717, 1.165) is 13.0 Å². The van der Waals surface area contributed by atoms with Gasteiger partial charge in [-0.3, -0.25) is 4.79 Å². The van der Waals surface area contributed by atoms with Gasteiger partial charge in [-0.25, -0.2) is 0 Å². The van der Waals surface area contributed by atoms with E-state index in [0.29, 0.717) is 36.9 Å². The lowest BCUT2D eigenvalue weighted by Gasteiger charge is -2.00. The molecule has 20 heavy (non-hydrogen) atoms. The van der Waals surface area contributed by atoms with E-state index >= 15 is 0 Å². The number of ether oxygens (including phenoxy) is 1. The van der Waals surface area contributed by atoms with Crippen LogP contribution in [0.1, 0.15) is 34.4 Å². The summed E-state index contributed by atoms with van der Waals surface area (Å²) in [6.45, 7) is 1.90. The molecule has 0 unspecified atom stereocenters. The molecule has 1 aliphatic rings. The minimum atomic E-state index is -0.0739. The molecule has 106 valence electrons. The fraction of sp³-hybridized carbons (Fsp3) is 0.462. The van der Waals surface area contributed by atoms with Crippen molar-refractivity contribution in [1.82, 2.24) is 15.5 Å². The Hall–Kier alpha value is -1.73. The SMILES string of the molecule is O=C(NCCc1nc([C@@H]2CCOC2)no1)c1ccsc1. The summed E-state index contributed by atoms with van der Waals surface area (Å²) in [5, 5.41) is 10.5. The van der Waals surface area contributed by atoms with Crippen molar-refractivity contribution in [2.45, 2.75) is 18.8 Å². The predicted octanol–water partition coefficient (Wildman–Crippen LogP) is 1.61. The van der Waals surface area contributed by atoms with Crippen LogP contribution in [0.4, 0.5) is 0 Å². The van der Waals surface area contributed by atoms with Gasteiger partial charge in [-0.15, -0.1) is 0 Å². The number of nitrogens with zero attached hydrogens (tertiary/aromatic N) is 2. The minimum absolute atomic E-state index is 0.0739. The topological polar surface area (TPSA) is 77.2 Å². The summed E-state index contributed by atoms with van der Waals surface area (Å²) >= 11 is 1.50. The number of rotatable bonds is 5. The molecule has 3 heterocycles. The summed E-state index contributed by atoms with van der Waals surface area (Å²) in [6.07, 6.45) is 1.48. The van der Waals surface area contributed by atoms with Crippen LogP contribution in [0.2, 0.25) is 0 Å². The van der Waals surface area contributed by atoms with Crippen molar-refractivity contribution in [3.8, 4) is 0 Å². The fourth-order valence-corrected chi connectivity index (χ4v) is 2.69. The lowest BCUT2D eigenvalue weighted by Crippen LogP contribution is -2.25. The number of amides is 1. The lowest BCUT2D eigenvalue weighted by atomic mass is 10.1. The van der Waals surface area contributed by atoms with Gasteiger partial charge in [0.25, 0.3) is 5.91 Å². The first kappa shape index (κ1) is 13.3. The smallest absolute Gasteiger partial charge is 0.252 e. The van der Waals surface area contributed by atoms with E-state index in [2.05, 4.69) is 15.5 Å². The number of aromatic nitrogens is 2. The number of hydrogen-bond donors (Lipinski definition) is 1. The number of thiophene rings is 1. The van der Waals surface area contributed by atoms with Crippen molar-refractivity contribution >= 4 is 17.2 Å². The molecular formula is C13H15N3O3S. The van der Waals surface area contributed by atoms with Gasteiger partial charge in [-0.1, -0.05) is 5.16 Å². The molecule has 0 spiro atoms. The summed E-state index contributed by atoms with van der Waals surface area (Å²) in [5.41, 5.74) is 0.685. The van der Waals surface area contributed by atoms with Gasteiger partial charge < -0.3 is 14.6 Å². The van der Waals surface area contributed by atoms with Crippen LogP contribution in [0.25, 0.3) is 0 Å². The highest BCUT2D eigenvalue weighted by molar-refractivity contribution is 7.08. The molecule has 1 atom stereocenters. The van der Waals surface area contributed by atoms with E-state index in [1.54, 1.807) is 6.07 Å². The lowest BCUT2D eigenvalue weighted by molar-refractivity contribution is 0.0954. The summed E-state index contributed by atoms with van der Waals surface area (Å²) in [6, 6.07) is 1.80. The van der Waals surface area contributed by atoms with Gasteiger partial charge in [0.1, 0.15) is 0 Å². The fourth-order valence-electron chi connectivity index (χ4n) is 2.05. The maximum Gasteiger partial charge on any atom is 0.252 e. The van der Waals surface area contributed by atoms with Crippen LogP contribution in [0, 0.1) is 0 Å². The second-order valence-corrected chi connectivity index (χ2v) is 5.40. The van der Waals surface area contributed by atoms with Crippen molar-refractivity contribution in [3.05, 3.63) is 34.1 Å². The summed E-state index contributed by atoms with van der Waals surface area (Å²) < 4.78 is 10.5. The van der Waals surface area contributed by atoms with E-state index in [4.69, 9.17) is 9.26 Å². The molecule has 0 aliphatic carbocycles. The summed E-state index contributed by atoms with van der Waals surface area (Å²) in [4.78, 5) is 16.1. The molecule has 1 fully saturated rings. The Morgan fingerprint density at radius 2 is 2.50 bits per heavy atom. The average molecular weight is 293 g/mol. The van der Waals surface area contributed by atoms with Crippen molar-refractivity contribution < 1.29 is 14.1 Å². The number of carbonyl (C=O) groups is 1. The molecule has 6 nitrogen and oxygen atoms in total. The van der Waals surface area contributed by atoms with Crippen LogP contribution >= 0.6 is 11.3 Å². The van der Waals surface area contributed by atoms with E-state index in [-0.39, 0.29) is 11.8 Å². The van der Waals surface area contributed by atoms with E-state index in [1.807, 2.05) is 10.8 Å². The minimum Gasteiger partial charge on any atom is -0.381 e. The highest BCUT2D eigenvalue weighted by atomic mass is 32.1. The van der Waals surface area contributed by atoms with Gasteiger partial charge >= 0.3 is 0 Å². The van der Waals surface area contributed by atoms with Crippen LogP contribution in [-0.2, 0) is 11.2 Å². The standard InChI is InChI=1S/C13H15N3O3S/c17-13(10-3-6-20-8-10)14-4-1-11-15-12(16-19-11)9-2-5-18-7-9/h3,6,8-9H,1-2,4-5,7H2,(H,14,17)/t9-/m1/s1. The van der Waals surface area contributed by atoms with Crippen molar-refractivity contribution in [2.24, 2.45) is 0 Å². The Kier molecular flexibility index (Phi) is 4.08. The normalized spacial score (nSPS) is 18.3. The molecular weight excluding hydrogens is 278 g/mol. The molecule has 0 radical (unpaired) electrons. The first-order valence-corrected chi connectivity index (χ1v) is 7.48. The second-order valence-electron chi connectivity index (χ2n) is 4.62. The van der Waals surface area contributed by atoms with Gasteiger partial charge in [-0.2, -0.15) is 16.3 Å². The number of hydrogen-bond acceptors (Lipinski definition) is 6. The van der Waals surface area contributed by atoms with Gasteiger partial charge in [-0.05, 0) is 17.9 Å². The van der Waals surface area contributed by atoms with E-state index in [9.17, 15) is 4.79 Å². The third-order valence-corrected chi connectivity index (χ3v) is 3.87. The van der Waals surface area contributed by atoms with Crippen LogP contribution in [0.5, 0.6) is 0 Å². The van der Waals surface area contributed by atoms with E-state index < -0.39 is 0 Å². The molecule has 2 aromatic rings. The molecule has 0 bridgehead atoms. The molecule has 1 saturated heterocycles. The maximum atomic E-state index is 11.7. The summed E-state index contributed by atoms with van der Waals surface area (Å²) in [5.74, 6) is 1.43. The zero-order valence-corrected chi connectivity index (χ0v) is 11.7. The number of carbonyl (C=O) groups excluding carboxylic acids is 1. The first-order chi connectivity index (χ1) is 9.83. The quantitative estimate of drug-likeness (QED) is 0.906.